The molecule has 0 saturated heterocycles. The van der Waals surface area contributed by atoms with Crippen LogP contribution in [-0.2, 0) is 9.59 Å². The van der Waals surface area contributed by atoms with Gasteiger partial charge >= 0.3 is 5.97 Å². The zero-order valence-corrected chi connectivity index (χ0v) is 27.2. The zero-order chi connectivity index (χ0) is 34.0. The minimum Gasteiger partial charge on any atom is -0.478 e. The number of hydrogen-bond donors (Lipinski definition) is 4. The molecule has 1 atom stereocenters. The first-order valence-electron chi connectivity index (χ1n) is 14.8. The first-order valence-corrected chi connectivity index (χ1v) is 16.0. The number of nitrogens with one attached hydrogen (secondary N) is 3. The third-order valence-corrected chi connectivity index (χ3v) is 8.62. The van der Waals surface area contributed by atoms with Crippen LogP contribution >= 0.6 is 23.4 Å². The van der Waals surface area contributed by atoms with E-state index in [0.717, 1.165) is 11.1 Å². The fraction of sp³-hybridized carbons (Fsp3) is 0.0526. The summed E-state index contributed by atoms with van der Waals surface area (Å²) in [7, 11) is 0. The average molecular weight is 676 g/mol. The van der Waals surface area contributed by atoms with Crippen molar-refractivity contribution in [1.29, 1.82) is 0 Å². The lowest BCUT2D eigenvalue weighted by Crippen LogP contribution is -2.30. The molecular formula is C38H30ClN3O5S. The largest absolute Gasteiger partial charge is 0.478 e. The predicted molar refractivity (Wildman–Crippen MR) is 190 cm³/mol. The number of carbonyl (C=O) groups is 4. The zero-order valence-electron chi connectivity index (χ0n) is 25.6. The number of rotatable bonds is 11. The fourth-order valence-electron chi connectivity index (χ4n) is 4.70. The first kappa shape index (κ1) is 33.7. The molecule has 5 rings (SSSR count). The summed E-state index contributed by atoms with van der Waals surface area (Å²) in [5.41, 5.74) is 3.49. The van der Waals surface area contributed by atoms with Crippen molar-refractivity contribution >= 4 is 64.5 Å². The van der Waals surface area contributed by atoms with Crippen LogP contribution in [0.5, 0.6) is 0 Å². The van der Waals surface area contributed by atoms with Gasteiger partial charge in [0, 0.05) is 16.1 Å². The van der Waals surface area contributed by atoms with E-state index in [1.165, 1.54) is 30.0 Å². The van der Waals surface area contributed by atoms with Gasteiger partial charge in [0.25, 0.3) is 11.8 Å². The van der Waals surface area contributed by atoms with Crippen LogP contribution in [0.1, 0.15) is 42.7 Å². The van der Waals surface area contributed by atoms with E-state index in [-0.39, 0.29) is 22.0 Å². The first-order chi connectivity index (χ1) is 23.2. The van der Waals surface area contributed by atoms with Crippen LogP contribution in [0.2, 0.25) is 5.02 Å². The topological polar surface area (TPSA) is 125 Å². The molecular weight excluding hydrogens is 646 g/mol. The van der Waals surface area contributed by atoms with Gasteiger partial charge in [-0.25, -0.2) is 4.79 Å². The third kappa shape index (κ3) is 9.00. The second kappa shape index (κ2) is 15.8. The van der Waals surface area contributed by atoms with Gasteiger partial charge in [0.2, 0.25) is 5.91 Å². The Bertz CT molecular complexity index is 2000. The maximum absolute atomic E-state index is 13.7. The van der Waals surface area contributed by atoms with Gasteiger partial charge in [0.05, 0.1) is 16.3 Å². The Morgan fingerprint density at radius 1 is 0.750 bits per heavy atom. The molecule has 3 amide bonds. The number of aryl methyl sites for hydroxylation is 1. The number of halogens is 1. The van der Waals surface area contributed by atoms with Gasteiger partial charge in [-0.1, -0.05) is 96.0 Å². The molecule has 8 nitrogen and oxygen atoms in total. The standard InChI is InChI=1S/C38H30ClN3O5S/c1-24-10-8-11-25(20-24)21-33(42-35(43)27-14-6-3-7-15-27)36(44)40-29-16-9-17-30(23-29)48-34(26-12-4-2-5-13-26)37(45)41-32-22-28(38(46)47)18-19-31(32)39/h2-23,34H,1H3,(H,40,44)(H,41,45)(H,42,43)(H,46,47)/b33-21+. The second-order valence-corrected chi connectivity index (χ2v) is 12.3. The van der Waals surface area contributed by atoms with Crippen LogP contribution < -0.4 is 16.0 Å². The van der Waals surface area contributed by atoms with Gasteiger partial charge in [-0.3, -0.25) is 14.4 Å². The molecule has 0 bridgehead atoms. The number of benzene rings is 5. The Kier molecular flexibility index (Phi) is 11.1. The number of thioether (sulfide) groups is 1. The highest BCUT2D eigenvalue weighted by atomic mass is 35.5. The molecule has 1 unspecified atom stereocenters. The number of carboxylic acid groups (broad SMARTS) is 1. The second-order valence-electron chi connectivity index (χ2n) is 10.7. The van der Waals surface area contributed by atoms with E-state index in [0.29, 0.717) is 21.7 Å². The summed E-state index contributed by atoms with van der Waals surface area (Å²) < 4.78 is 0. The normalized spacial score (nSPS) is 11.7. The van der Waals surface area contributed by atoms with Crippen LogP contribution in [0.25, 0.3) is 6.08 Å². The molecule has 0 aliphatic rings. The van der Waals surface area contributed by atoms with Gasteiger partial charge < -0.3 is 21.1 Å². The summed E-state index contributed by atoms with van der Waals surface area (Å²) >= 11 is 7.53. The smallest absolute Gasteiger partial charge is 0.335 e. The van der Waals surface area contributed by atoms with Gasteiger partial charge in [-0.15, -0.1) is 11.8 Å². The number of hydrogen-bond acceptors (Lipinski definition) is 5. The van der Waals surface area contributed by atoms with E-state index >= 15 is 0 Å². The van der Waals surface area contributed by atoms with Crippen molar-refractivity contribution in [1.82, 2.24) is 5.32 Å². The van der Waals surface area contributed by atoms with Crippen molar-refractivity contribution in [3.05, 3.63) is 166 Å². The summed E-state index contributed by atoms with van der Waals surface area (Å²) in [6.45, 7) is 1.94. The van der Waals surface area contributed by atoms with Crippen LogP contribution in [0, 0.1) is 6.92 Å². The van der Waals surface area contributed by atoms with Crippen molar-refractivity contribution in [2.45, 2.75) is 17.1 Å². The lowest BCUT2D eigenvalue weighted by molar-refractivity contribution is -0.116. The van der Waals surface area contributed by atoms with Gasteiger partial charge in [0.15, 0.2) is 0 Å². The van der Waals surface area contributed by atoms with Crippen molar-refractivity contribution < 1.29 is 24.3 Å². The lowest BCUT2D eigenvalue weighted by Gasteiger charge is -2.18. The Morgan fingerprint density at radius 2 is 1.46 bits per heavy atom. The molecule has 0 aliphatic carbocycles. The quantitative estimate of drug-likeness (QED) is 0.0826. The number of carbonyl (C=O) groups excluding carboxylic acids is 3. The van der Waals surface area contributed by atoms with Gasteiger partial charge in [0.1, 0.15) is 10.9 Å². The average Bonchev–Trinajstić information content (AvgIpc) is 3.08. The van der Waals surface area contributed by atoms with Crippen molar-refractivity contribution in [3.8, 4) is 0 Å². The maximum atomic E-state index is 13.7. The van der Waals surface area contributed by atoms with Gasteiger partial charge in [-0.05, 0) is 72.7 Å². The molecule has 0 heterocycles. The van der Waals surface area contributed by atoms with Crippen LogP contribution in [0.4, 0.5) is 11.4 Å². The molecule has 5 aromatic carbocycles. The number of carboxylic acids is 1. The van der Waals surface area contributed by atoms with E-state index < -0.39 is 28.9 Å². The van der Waals surface area contributed by atoms with E-state index in [2.05, 4.69) is 16.0 Å². The monoisotopic (exact) mass is 675 g/mol. The number of aromatic carboxylic acids is 1. The van der Waals surface area contributed by atoms with Gasteiger partial charge in [-0.2, -0.15) is 0 Å². The molecule has 0 aromatic heterocycles. The Balaban J connectivity index is 1.39. The summed E-state index contributed by atoms with van der Waals surface area (Å²) in [5, 5.41) is 17.2. The van der Waals surface area contributed by atoms with Crippen molar-refractivity contribution in [2.75, 3.05) is 10.6 Å². The number of amides is 3. The summed E-state index contributed by atoms with van der Waals surface area (Å²) in [5.74, 6) is -2.53. The van der Waals surface area contributed by atoms with E-state index in [1.807, 2.05) is 67.6 Å². The van der Waals surface area contributed by atoms with E-state index in [1.54, 1.807) is 54.6 Å². The molecule has 5 aromatic rings. The molecule has 0 spiro atoms. The highest BCUT2D eigenvalue weighted by molar-refractivity contribution is 8.00. The minimum absolute atomic E-state index is 0.0159. The SMILES string of the molecule is Cc1cccc(/C=C(/NC(=O)c2ccccc2)C(=O)Nc2cccc(SC(C(=O)Nc3cc(C(=O)O)ccc3Cl)c3ccccc3)c2)c1. The highest BCUT2D eigenvalue weighted by Crippen LogP contribution is 2.38. The van der Waals surface area contributed by atoms with Crippen molar-refractivity contribution in [2.24, 2.45) is 0 Å². The fourth-order valence-corrected chi connectivity index (χ4v) is 5.95. The molecule has 240 valence electrons. The van der Waals surface area contributed by atoms with Crippen LogP contribution in [0.15, 0.2) is 138 Å². The van der Waals surface area contributed by atoms with E-state index in [9.17, 15) is 24.3 Å². The van der Waals surface area contributed by atoms with Crippen LogP contribution in [0.3, 0.4) is 0 Å². The molecule has 0 radical (unpaired) electrons. The molecule has 0 fully saturated rings. The summed E-state index contributed by atoms with van der Waals surface area (Å²) in [4.78, 5) is 52.5. The van der Waals surface area contributed by atoms with Crippen molar-refractivity contribution in [3.63, 3.8) is 0 Å². The van der Waals surface area contributed by atoms with E-state index in [4.69, 9.17) is 11.6 Å². The molecule has 4 N–H and O–H groups in total. The Morgan fingerprint density at radius 3 is 2.17 bits per heavy atom. The Hall–Kier alpha value is -5.64. The lowest BCUT2D eigenvalue weighted by atomic mass is 10.1. The molecule has 48 heavy (non-hydrogen) atoms. The Labute approximate surface area is 286 Å². The highest BCUT2D eigenvalue weighted by Gasteiger charge is 2.24. The third-order valence-electron chi connectivity index (χ3n) is 7.04. The molecule has 0 aliphatic heterocycles. The summed E-state index contributed by atoms with van der Waals surface area (Å²) in [6.07, 6.45) is 1.61. The predicted octanol–water partition coefficient (Wildman–Crippen LogP) is 8.23. The molecule has 10 heteroatoms. The number of anilines is 2. The van der Waals surface area contributed by atoms with Crippen LogP contribution in [-0.4, -0.2) is 28.8 Å². The minimum atomic E-state index is -1.15. The maximum Gasteiger partial charge on any atom is 0.335 e. The molecule has 0 saturated carbocycles. The summed E-state index contributed by atoms with van der Waals surface area (Å²) in [6, 6.07) is 36.3.